The van der Waals surface area contributed by atoms with E-state index in [1.165, 1.54) is 11.8 Å². The van der Waals surface area contributed by atoms with Gasteiger partial charge in [-0.2, -0.15) is 8.42 Å². The average Bonchev–Trinajstić information content (AvgIpc) is 2.53. The van der Waals surface area contributed by atoms with E-state index in [2.05, 4.69) is 10.8 Å². The number of thioether (sulfide) groups is 1. The summed E-state index contributed by atoms with van der Waals surface area (Å²) in [7, 11) is -2.36. The summed E-state index contributed by atoms with van der Waals surface area (Å²) in [5.41, 5.74) is 0. The van der Waals surface area contributed by atoms with Gasteiger partial charge in [-0.05, 0) is 0 Å². The van der Waals surface area contributed by atoms with Crippen LogP contribution in [-0.4, -0.2) is 39.3 Å². The molecule has 1 rings (SSSR count). The Kier molecular flexibility index (Phi) is 4.03. The van der Waals surface area contributed by atoms with Crippen LogP contribution < -0.4 is 0 Å². The van der Waals surface area contributed by atoms with E-state index < -0.39 is 10.1 Å². The van der Waals surface area contributed by atoms with Crippen LogP contribution in [0.2, 0.25) is 0 Å². The van der Waals surface area contributed by atoms with Crippen molar-refractivity contribution in [2.24, 2.45) is 0 Å². The lowest BCUT2D eigenvalue weighted by molar-refractivity contribution is 0.403. The molecule has 14 heavy (non-hydrogen) atoms. The van der Waals surface area contributed by atoms with Crippen LogP contribution in [-0.2, 0) is 14.3 Å². The Labute approximate surface area is 88.7 Å². The molecule has 1 saturated heterocycles. The third kappa shape index (κ3) is 3.04. The first-order valence-corrected chi connectivity index (χ1v) is 6.55. The summed E-state index contributed by atoms with van der Waals surface area (Å²) in [5.74, 6) is 0.902. The minimum atomic E-state index is -3.51. The highest BCUT2D eigenvalue weighted by atomic mass is 32.2. The number of hydrogen-bond donors (Lipinski definition) is 0. The predicted octanol–water partition coefficient (Wildman–Crippen LogP) is 0.996. The number of hydrogen-bond acceptors (Lipinski definition) is 5. The summed E-state index contributed by atoms with van der Waals surface area (Å²) in [6.07, 6.45) is 1.75. The summed E-state index contributed by atoms with van der Waals surface area (Å²) in [4.78, 5) is 1.95. The third-order valence-electron chi connectivity index (χ3n) is 1.75. The van der Waals surface area contributed by atoms with Crippen LogP contribution in [0.1, 0.15) is 0 Å². The molecule has 0 amide bonds. The Hall–Kier alpha value is -0.460. The monoisotopic (exact) mass is 235 g/mol. The molecule has 0 spiro atoms. The SMILES string of the molecule is C=CCN1CCS/C1=C/S(=O)(=O)OC. The van der Waals surface area contributed by atoms with E-state index in [0.717, 1.165) is 29.8 Å². The van der Waals surface area contributed by atoms with Crippen LogP contribution in [0, 0.1) is 0 Å². The molecule has 0 atom stereocenters. The minimum Gasteiger partial charge on any atom is -0.361 e. The Morgan fingerprint density at radius 3 is 3.00 bits per heavy atom. The molecule has 0 aromatic rings. The standard InChI is InChI=1S/C8H13NO3S2/c1-3-4-9-5-6-13-8(9)7-14(10,11)12-2/h3,7H,1,4-6H2,2H3/b8-7+. The topological polar surface area (TPSA) is 46.6 Å². The molecule has 0 aliphatic carbocycles. The second kappa shape index (κ2) is 4.86. The molecule has 0 N–H and O–H groups in total. The summed E-state index contributed by atoms with van der Waals surface area (Å²) < 4.78 is 26.6. The normalized spacial score (nSPS) is 20.4. The van der Waals surface area contributed by atoms with Gasteiger partial charge in [0, 0.05) is 18.8 Å². The molecule has 0 aromatic heterocycles. The summed E-state index contributed by atoms with van der Waals surface area (Å²) >= 11 is 1.51. The Morgan fingerprint density at radius 1 is 1.71 bits per heavy atom. The molecular formula is C8H13NO3S2. The maximum atomic E-state index is 11.1. The molecule has 0 radical (unpaired) electrons. The zero-order chi connectivity index (χ0) is 10.6. The maximum absolute atomic E-state index is 11.1. The molecular weight excluding hydrogens is 222 g/mol. The van der Waals surface area contributed by atoms with E-state index in [1.54, 1.807) is 6.08 Å². The highest BCUT2D eigenvalue weighted by molar-refractivity contribution is 8.04. The van der Waals surface area contributed by atoms with Gasteiger partial charge >= 0.3 is 0 Å². The first-order valence-electron chi connectivity index (χ1n) is 4.10. The van der Waals surface area contributed by atoms with Crippen molar-refractivity contribution in [3.63, 3.8) is 0 Å². The number of nitrogens with zero attached hydrogens (tertiary/aromatic N) is 1. The highest BCUT2D eigenvalue weighted by Gasteiger charge is 2.19. The molecule has 0 aromatic carbocycles. The van der Waals surface area contributed by atoms with E-state index in [0.29, 0.717) is 6.54 Å². The van der Waals surface area contributed by atoms with Crippen LogP contribution in [0.25, 0.3) is 0 Å². The zero-order valence-corrected chi connectivity index (χ0v) is 9.60. The smallest absolute Gasteiger partial charge is 0.292 e. The van der Waals surface area contributed by atoms with Crippen molar-refractivity contribution >= 4 is 21.9 Å². The zero-order valence-electron chi connectivity index (χ0n) is 7.97. The summed E-state index contributed by atoms with van der Waals surface area (Å²) in [5, 5.41) is 1.89. The third-order valence-corrected chi connectivity index (χ3v) is 3.93. The molecule has 0 unspecified atom stereocenters. The van der Waals surface area contributed by atoms with Crippen LogP contribution in [0.4, 0.5) is 0 Å². The first-order chi connectivity index (χ1) is 6.59. The Balaban J connectivity index is 2.81. The Morgan fingerprint density at radius 2 is 2.43 bits per heavy atom. The summed E-state index contributed by atoms with van der Waals surface area (Å²) in [6, 6.07) is 0. The highest BCUT2D eigenvalue weighted by Crippen LogP contribution is 2.28. The molecule has 80 valence electrons. The fourth-order valence-electron chi connectivity index (χ4n) is 1.08. The lowest BCUT2D eigenvalue weighted by Crippen LogP contribution is -2.18. The maximum Gasteiger partial charge on any atom is 0.292 e. The fourth-order valence-corrected chi connectivity index (χ4v) is 3.07. The fraction of sp³-hybridized carbons (Fsp3) is 0.500. The lowest BCUT2D eigenvalue weighted by atomic mass is 10.5. The largest absolute Gasteiger partial charge is 0.361 e. The molecule has 0 bridgehead atoms. The molecule has 1 aliphatic heterocycles. The number of rotatable bonds is 4. The van der Waals surface area contributed by atoms with Gasteiger partial charge in [-0.1, -0.05) is 6.08 Å². The van der Waals surface area contributed by atoms with Gasteiger partial charge in [-0.25, -0.2) is 0 Å². The molecule has 4 nitrogen and oxygen atoms in total. The molecule has 0 saturated carbocycles. The van der Waals surface area contributed by atoms with Gasteiger partial charge in [0.25, 0.3) is 10.1 Å². The van der Waals surface area contributed by atoms with E-state index in [-0.39, 0.29) is 0 Å². The van der Waals surface area contributed by atoms with Crippen LogP contribution >= 0.6 is 11.8 Å². The van der Waals surface area contributed by atoms with Crippen molar-refractivity contribution in [2.45, 2.75) is 0 Å². The lowest BCUT2D eigenvalue weighted by Gasteiger charge is -2.15. The predicted molar refractivity (Wildman–Crippen MR) is 58.2 cm³/mol. The van der Waals surface area contributed by atoms with Crippen molar-refractivity contribution in [2.75, 3.05) is 26.0 Å². The first kappa shape index (κ1) is 11.6. The van der Waals surface area contributed by atoms with Crippen LogP contribution in [0.15, 0.2) is 23.1 Å². The van der Waals surface area contributed by atoms with Gasteiger partial charge in [-0.15, -0.1) is 18.3 Å². The van der Waals surface area contributed by atoms with E-state index in [1.807, 2.05) is 4.90 Å². The molecule has 1 heterocycles. The van der Waals surface area contributed by atoms with Crippen molar-refractivity contribution in [1.82, 2.24) is 4.90 Å². The van der Waals surface area contributed by atoms with Gasteiger partial charge in [0.1, 0.15) is 0 Å². The molecule has 6 heteroatoms. The van der Waals surface area contributed by atoms with E-state index >= 15 is 0 Å². The minimum absolute atomic E-state index is 0.665. The van der Waals surface area contributed by atoms with Crippen molar-refractivity contribution in [1.29, 1.82) is 0 Å². The van der Waals surface area contributed by atoms with Crippen LogP contribution in [0.5, 0.6) is 0 Å². The van der Waals surface area contributed by atoms with Gasteiger partial charge in [0.05, 0.1) is 17.5 Å². The average molecular weight is 235 g/mol. The quantitative estimate of drug-likeness (QED) is 0.537. The molecule has 1 fully saturated rings. The van der Waals surface area contributed by atoms with Crippen LogP contribution in [0.3, 0.4) is 0 Å². The van der Waals surface area contributed by atoms with Gasteiger partial charge < -0.3 is 4.90 Å². The molecule has 1 aliphatic rings. The second-order valence-corrected chi connectivity index (χ2v) is 5.37. The van der Waals surface area contributed by atoms with Crippen molar-refractivity contribution in [3.05, 3.63) is 23.1 Å². The van der Waals surface area contributed by atoms with Gasteiger partial charge in [0.15, 0.2) is 0 Å². The van der Waals surface area contributed by atoms with Gasteiger partial charge in [-0.3, -0.25) is 4.18 Å². The van der Waals surface area contributed by atoms with E-state index in [4.69, 9.17) is 0 Å². The van der Waals surface area contributed by atoms with E-state index in [9.17, 15) is 8.42 Å². The van der Waals surface area contributed by atoms with Gasteiger partial charge in [0.2, 0.25) is 0 Å². The van der Waals surface area contributed by atoms with Crippen molar-refractivity contribution < 1.29 is 12.6 Å². The second-order valence-electron chi connectivity index (χ2n) is 2.70. The van der Waals surface area contributed by atoms with Crippen molar-refractivity contribution in [3.8, 4) is 0 Å². The summed E-state index contributed by atoms with van der Waals surface area (Å²) in [6.45, 7) is 5.13. The Bertz CT molecular complexity index is 334.